The molecule has 0 aliphatic heterocycles. The molecule has 1 amide bonds. The fourth-order valence-electron chi connectivity index (χ4n) is 1.26. The lowest BCUT2D eigenvalue weighted by Crippen LogP contribution is -2.44. The number of hydrogen-bond donors (Lipinski definition) is 2. The Morgan fingerprint density at radius 1 is 1.29 bits per heavy atom. The van der Waals surface area contributed by atoms with Crippen LogP contribution in [0.15, 0.2) is 0 Å². The summed E-state index contributed by atoms with van der Waals surface area (Å²) in [5, 5.41) is 11.8. The van der Waals surface area contributed by atoms with Gasteiger partial charge in [-0.05, 0) is 34.6 Å². The van der Waals surface area contributed by atoms with E-state index in [0.717, 1.165) is 0 Å². The normalized spacial score (nSPS) is 14.3. The molecular weight excluding hydrogens is 222 g/mol. The maximum Gasteiger partial charge on any atom is 0.407 e. The Bertz CT molecular complexity index is 245. The summed E-state index contributed by atoms with van der Waals surface area (Å²) in [4.78, 5) is 11.5. The van der Waals surface area contributed by atoms with Crippen LogP contribution in [0.4, 0.5) is 4.79 Å². The third-order valence-electron chi connectivity index (χ3n) is 2.23. The average molecular weight is 247 g/mol. The lowest BCUT2D eigenvalue weighted by molar-refractivity contribution is -0.0381. The molecule has 102 valence electrons. The van der Waals surface area contributed by atoms with Crippen molar-refractivity contribution in [3.05, 3.63) is 0 Å². The summed E-state index contributed by atoms with van der Waals surface area (Å²) in [6.07, 6.45) is -0.645. The first-order valence-electron chi connectivity index (χ1n) is 5.74. The van der Waals surface area contributed by atoms with Gasteiger partial charge in [0, 0.05) is 19.1 Å². The van der Waals surface area contributed by atoms with Crippen LogP contribution >= 0.6 is 0 Å². The molecule has 0 saturated heterocycles. The molecule has 0 aromatic rings. The molecule has 0 spiro atoms. The van der Waals surface area contributed by atoms with Crippen LogP contribution in [0.5, 0.6) is 0 Å². The van der Waals surface area contributed by atoms with E-state index < -0.39 is 17.8 Å². The second kappa shape index (κ2) is 6.21. The molecular formula is C12H25NO4. The molecule has 0 fully saturated rings. The highest BCUT2D eigenvalue weighted by atomic mass is 16.6. The molecule has 0 bridgehead atoms. The number of carbonyl (C=O) groups is 1. The van der Waals surface area contributed by atoms with Gasteiger partial charge in [0.05, 0.1) is 12.2 Å². The van der Waals surface area contributed by atoms with Gasteiger partial charge in [0.25, 0.3) is 0 Å². The van der Waals surface area contributed by atoms with Crippen LogP contribution < -0.4 is 5.32 Å². The summed E-state index contributed by atoms with van der Waals surface area (Å²) >= 11 is 0. The first kappa shape index (κ1) is 16.2. The van der Waals surface area contributed by atoms with Crippen molar-refractivity contribution in [1.29, 1.82) is 0 Å². The highest BCUT2D eigenvalue weighted by molar-refractivity contribution is 5.68. The molecule has 5 heteroatoms. The lowest BCUT2D eigenvalue weighted by Gasteiger charge is -2.28. The summed E-state index contributed by atoms with van der Waals surface area (Å²) in [6, 6.07) is 0. The van der Waals surface area contributed by atoms with Crippen molar-refractivity contribution in [2.45, 2.75) is 58.3 Å². The SMILES string of the molecule is COC(C)(C)C[C@@H](CO)OC(=O)NC(C)(C)C. The third kappa shape index (κ3) is 7.99. The van der Waals surface area contributed by atoms with Gasteiger partial charge in [-0.25, -0.2) is 4.79 Å². The Kier molecular flexibility index (Phi) is 5.92. The molecule has 0 aromatic heterocycles. The molecule has 17 heavy (non-hydrogen) atoms. The maximum absolute atomic E-state index is 11.5. The summed E-state index contributed by atoms with van der Waals surface area (Å²) < 4.78 is 10.4. The molecule has 1 atom stereocenters. The van der Waals surface area contributed by atoms with Gasteiger partial charge in [-0.15, -0.1) is 0 Å². The summed E-state index contributed by atoms with van der Waals surface area (Å²) in [5.41, 5.74) is -0.788. The molecule has 2 N–H and O–H groups in total. The molecule has 0 saturated carbocycles. The number of ether oxygens (including phenoxy) is 2. The van der Waals surface area contributed by atoms with Crippen molar-refractivity contribution in [3.63, 3.8) is 0 Å². The highest BCUT2D eigenvalue weighted by Gasteiger charge is 2.26. The second-order valence-corrected chi connectivity index (χ2v) is 5.75. The lowest BCUT2D eigenvalue weighted by atomic mass is 10.0. The van der Waals surface area contributed by atoms with E-state index in [1.54, 1.807) is 7.11 Å². The van der Waals surface area contributed by atoms with Gasteiger partial charge in [-0.3, -0.25) is 0 Å². The van der Waals surface area contributed by atoms with Gasteiger partial charge in [0.1, 0.15) is 6.10 Å². The predicted molar refractivity (Wildman–Crippen MR) is 65.9 cm³/mol. The van der Waals surface area contributed by atoms with E-state index >= 15 is 0 Å². The van der Waals surface area contributed by atoms with Gasteiger partial charge in [-0.1, -0.05) is 0 Å². The van der Waals surface area contributed by atoms with Crippen LogP contribution in [0.25, 0.3) is 0 Å². The first-order chi connectivity index (χ1) is 7.59. The van der Waals surface area contributed by atoms with Gasteiger partial charge in [0.2, 0.25) is 0 Å². The standard InChI is InChI=1S/C12H25NO4/c1-11(2,3)13-10(15)17-9(8-14)7-12(4,5)16-6/h9,14H,7-8H2,1-6H3,(H,13,15)/t9-/m0/s1. The van der Waals surface area contributed by atoms with E-state index in [1.165, 1.54) is 0 Å². The molecule has 0 aliphatic rings. The maximum atomic E-state index is 11.5. The molecule has 0 unspecified atom stereocenters. The van der Waals surface area contributed by atoms with Gasteiger partial charge in [-0.2, -0.15) is 0 Å². The van der Waals surface area contributed by atoms with Crippen LogP contribution in [0.2, 0.25) is 0 Å². The Morgan fingerprint density at radius 3 is 2.18 bits per heavy atom. The minimum absolute atomic E-state index is 0.218. The number of carbonyl (C=O) groups excluding carboxylic acids is 1. The Balaban J connectivity index is 4.27. The number of aliphatic hydroxyl groups excluding tert-OH is 1. The van der Waals surface area contributed by atoms with E-state index in [1.807, 2.05) is 34.6 Å². The van der Waals surface area contributed by atoms with E-state index in [9.17, 15) is 9.90 Å². The van der Waals surface area contributed by atoms with Crippen molar-refractivity contribution in [2.24, 2.45) is 0 Å². The van der Waals surface area contributed by atoms with Crippen molar-refractivity contribution in [3.8, 4) is 0 Å². The monoisotopic (exact) mass is 247 g/mol. The fraction of sp³-hybridized carbons (Fsp3) is 0.917. The topological polar surface area (TPSA) is 67.8 Å². The quantitative estimate of drug-likeness (QED) is 0.775. The number of hydrogen-bond acceptors (Lipinski definition) is 4. The third-order valence-corrected chi connectivity index (χ3v) is 2.23. The van der Waals surface area contributed by atoms with E-state index in [2.05, 4.69) is 5.32 Å². The first-order valence-corrected chi connectivity index (χ1v) is 5.74. The fourth-order valence-corrected chi connectivity index (χ4v) is 1.26. The van der Waals surface area contributed by atoms with Crippen LogP contribution in [-0.4, -0.2) is 42.2 Å². The van der Waals surface area contributed by atoms with Crippen molar-refractivity contribution in [1.82, 2.24) is 5.32 Å². The Morgan fingerprint density at radius 2 is 1.82 bits per heavy atom. The van der Waals surface area contributed by atoms with Gasteiger partial charge < -0.3 is 19.9 Å². The van der Waals surface area contributed by atoms with Gasteiger partial charge >= 0.3 is 6.09 Å². The molecule has 5 nitrogen and oxygen atoms in total. The van der Waals surface area contributed by atoms with Crippen molar-refractivity contribution >= 4 is 6.09 Å². The smallest absolute Gasteiger partial charge is 0.407 e. The largest absolute Gasteiger partial charge is 0.444 e. The van der Waals surface area contributed by atoms with Gasteiger partial charge in [0.15, 0.2) is 0 Å². The van der Waals surface area contributed by atoms with Crippen LogP contribution in [-0.2, 0) is 9.47 Å². The van der Waals surface area contributed by atoms with E-state index in [-0.39, 0.29) is 12.1 Å². The van der Waals surface area contributed by atoms with Crippen LogP contribution in [0.1, 0.15) is 41.0 Å². The zero-order valence-corrected chi connectivity index (χ0v) is 11.7. The molecule has 0 aromatic carbocycles. The van der Waals surface area contributed by atoms with E-state index in [4.69, 9.17) is 9.47 Å². The number of rotatable bonds is 5. The number of alkyl carbamates (subject to hydrolysis) is 1. The van der Waals surface area contributed by atoms with E-state index in [0.29, 0.717) is 6.42 Å². The minimum Gasteiger partial charge on any atom is -0.444 e. The van der Waals surface area contributed by atoms with Crippen LogP contribution in [0, 0.1) is 0 Å². The Hall–Kier alpha value is -0.810. The number of amides is 1. The predicted octanol–water partition coefficient (Wildman–Crippen LogP) is 1.69. The molecule has 0 radical (unpaired) electrons. The zero-order valence-electron chi connectivity index (χ0n) is 11.7. The number of methoxy groups -OCH3 is 1. The minimum atomic E-state index is -0.563. The molecule has 0 heterocycles. The summed E-state index contributed by atoms with van der Waals surface area (Å²) in [6.45, 7) is 9.12. The van der Waals surface area contributed by atoms with Crippen LogP contribution in [0.3, 0.4) is 0 Å². The number of nitrogens with one attached hydrogen (secondary N) is 1. The number of aliphatic hydroxyl groups is 1. The summed E-state index contributed by atoms with van der Waals surface area (Å²) in [7, 11) is 1.59. The molecule has 0 rings (SSSR count). The summed E-state index contributed by atoms with van der Waals surface area (Å²) in [5.74, 6) is 0. The second-order valence-electron chi connectivity index (χ2n) is 5.75. The van der Waals surface area contributed by atoms with Crippen molar-refractivity contribution < 1.29 is 19.4 Å². The highest BCUT2D eigenvalue weighted by Crippen LogP contribution is 2.17. The average Bonchev–Trinajstić information content (AvgIpc) is 2.13. The Labute approximate surface area is 103 Å². The molecule has 0 aliphatic carbocycles. The zero-order chi connectivity index (χ0) is 13.7. The van der Waals surface area contributed by atoms with Crippen molar-refractivity contribution in [2.75, 3.05) is 13.7 Å².